The van der Waals surface area contributed by atoms with Gasteiger partial charge in [-0.2, -0.15) is 0 Å². The van der Waals surface area contributed by atoms with Crippen LogP contribution < -0.4 is 15.4 Å². The monoisotopic (exact) mass is 516 g/mol. The van der Waals surface area contributed by atoms with Crippen molar-refractivity contribution in [3.8, 4) is 5.75 Å². The van der Waals surface area contributed by atoms with E-state index in [1.807, 2.05) is 31.2 Å². The number of rotatable bonds is 10. The fourth-order valence-electron chi connectivity index (χ4n) is 4.11. The number of amides is 1. The third-order valence-corrected chi connectivity index (χ3v) is 6.01. The van der Waals surface area contributed by atoms with Gasteiger partial charge in [-0.05, 0) is 37.6 Å². The highest BCUT2D eigenvalue weighted by molar-refractivity contribution is 6.31. The second kappa shape index (κ2) is 11.0. The Morgan fingerprint density at radius 3 is 2.11 bits per heavy atom. The molecule has 0 saturated carbocycles. The van der Waals surface area contributed by atoms with Crippen molar-refractivity contribution in [2.24, 2.45) is 0 Å². The van der Waals surface area contributed by atoms with Gasteiger partial charge in [0.2, 0.25) is 0 Å². The molecule has 0 saturated heterocycles. The van der Waals surface area contributed by atoms with Crippen LogP contribution in [-0.4, -0.2) is 52.3 Å². The van der Waals surface area contributed by atoms with E-state index in [2.05, 4.69) is 10.6 Å². The van der Waals surface area contributed by atoms with Crippen LogP contribution in [0.15, 0.2) is 60.7 Å². The molecule has 0 aliphatic heterocycles. The Hall–Kier alpha value is -4.99. The van der Waals surface area contributed by atoms with E-state index in [1.54, 1.807) is 24.3 Å². The molecular formula is C28H24N2O8. The molecule has 4 rings (SSSR count). The van der Waals surface area contributed by atoms with Gasteiger partial charge in [0.15, 0.2) is 18.2 Å². The molecule has 0 heterocycles. The predicted octanol–water partition coefficient (Wildman–Crippen LogP) is 3.33. The van der Waals surface area contributed by atoms with Crippen LogP contribution in [0.1, 0.15) is 50.2 Å². The maximum atomic E-state index is 13.5. The van der Waals surface area contributed by atoms with Crippen LogP contribution in [-0.2, 0) is 14.4 Å². The summed E-state index contributed by atoms with van der Waals surface area (Å²) in [6.07, 6.45) is -0.758. The van der Waals surface area contributed by atoms with Crippen LogP contribution in [0.3, 0.4) is 0 Å². The second-order valence-corrected chi connectivity index (χ2v) is 8.74. The molecule has 3 aromatic rings. The number of hydrogen-bond acceptors (Lipinski definition) is 7. The largest absolute Gasteiger partial charge is 0.483 e. The van der Waals surface area contributed by atoms with Gasteiger partial charge in [0, 0.05) is 23.2 Å². The van der Waals surface area contributed by atoms with E-state index < -0.39 is 42.7 Å². The molecule has 0 fully saturated rings. The summed E-state index contributed by atoms with van der Waals surface area (Å²) in [5, 5.41) is 23.4. The first-order valence-electron chi connectivity index (χ1n) is 11.7. The molecule has 194 valence electrons. The maximum absolute atomic E-state index is 13.5. The van der Waals surface area contributed by atoms with Crippen LogP contribution in [0.5, 0.6) is 5.75 Å². The van der Waals surface area contributed by atoms with E-state index in [0.29, 0.717) is 11.4 Å². The molecule has 0 spiro atoms. The predicted molar refractivity (Wildman–Crippen MR) is 136 cm³/mol. The van der Waals surface area contributed by atoms with Crippen molar-refractivity contribution < 1.29 is 38.9 Å². The van der Waals surface area contributed by atoms with Gasteiger partial charge in [0.25, 0.3) is 5.91 Å². The number of hydrogen-bond donors (Lipinski definition) is 4. The first kappa shape index (κ1) is 26.1. The SMILES string of the molecule is Cc1ccc(Nc2ccc(OCC(=O)NC(CCC(=O)O)C(=O)O)c3c2C(=O)c2ccccc2C3=O)cc1. The van der Waals surface area contributed by atoms with Gasteiger partial charge in [-0.15, -0.1) is 0 Å². The summed E-state index contributed by atoms with van der Waals surface area (Å²) in [6.45, 7) is 1.29. The van der Waals surface area contributed by atoms with E-state index in [9.17, 15) is 29.1 Å². The molecule has 3 aromatic carbocycles. The lowest BCUT2D eigenvalue weighted by Gasteiger charge is -2.23. The highest BCUT2D eigenvalue weighted by Crippen LogP contribution is 2.38. The second-order valence-electron chi connectivity index (χ2n) is 8.74. The van der Waals surface area contributed by atoms with Gasteiger partial charge in [-0.3, -0.25) is 19.2 Å². The number of aliphatic carboxylic acids is 2. The van der Waals surface area contributed by atoms with Gasteiger partial charge in [0.1, 0.15) is 11.8 Å². The van der Waals surface area contributed by atoms with Crippen molar-refractivity contribution >= 4 is 40.8 Å². The van der Waals surface area contributed by atoms with Gasteiger partial charge >= 0.3 is 11.9 Å². The molecule has 38 heavy (non-hydrogen) atoms. The van der Waals surface area contributed by atoms with Crippen LogP contribution in [0.25, 0.3) is 0 Å². The first-order valence-corrected chi connectivity index (χ1v) is 11.7. The summed E-state index contributed by atoms with van der Waals surface area (Å²) in [7, 11) is 0. The van der Waals surface area contributed by atoms with Gasteiger partial charge in [0.05, 0.1) is 16.8 Å². The molecule has 1 aliphatic carbocycles. The molecule has 1 aliphatic rings. The summed E-state index contributed by atoms with van der Waals surface area (Å²) < 4.78 is 5.61. The Labute approximate surface area is 217 Å². The molecule has 0 aromatic heterocycles. The number of carbonyl (C=O) groups is 5. The molecule has 0 bridgehead atoms. The lowest BCUT2D eigenvalue weighted by molar-refractivity contribution is -0.143. The minimum atomic E-state index is -1.42. The molecule has 10 nitrogen and oxygen atoms in total. The number of ketones is 2. The molecular weight excluding hydrogens is 492 g/mol. The highest BCUT2D eigenvalue weighted by Gasteiger charge is 2.35. The minimum Gasteiger partial charge on any atom is -0.483 e. The summed E-state index contributed by atoms with van der Waals surface area (Å²) >= 11 is 0. The molecule has 4 N–H and O–H groups in total. The van der Waals surface area contributed by atoms with Gasteiger partial charge in [-0.25, -0.2) is 4.79 Å². The number of aryl methyl sites for hydroxylation is 1. The van der Waals surface area contributed by atoms with E-state index in [4.69, 9.17) is 9.84 Å². The number of ether oxygens (including phenoxy) is 1. The fourth-order valence-corrected chi connectivity index (χ4v) is 4.11. The zero-order chi connectivity index (χ0) is 27.4. The van der Waals surface area contributed by atoms with Crippen molar-refractivity contribution in [1.29, 1.82) is 0 Å². The molecule has 1 atom stereocenters. The minimum absolute atomic E-state index is 0.0146. The molecule has 10 heteroatoms. The summed E-state index contributed by atoms with van der Waals surface area (Å²) in [5.41, 5.74) is 2.66. The Balaban J connectivity index is 1.64. The van der Waals surface area contributed by atoms with Crippen molar-refractivity contribution in [2.75, 3.05) is 11.9 Å². The Morgan fingerprint density at radius 2 is 1.50 bits per heavy atom. The third-order valence-electron chi connectivity index (χ3n) is 6.01. The van der Waals surface area contributed by atoms with Crippen LogP contribution in [0, 0.1) is 6.92 Å². The number of benzene rings is 3. The number of anilines is 2. The zero-order valence-electron chi connectivity index (χ0n) is 20.3. The fraction of sp³-hybridized carbons (Fsp3) is 0.179. The quantitative estimate of drug-likeness (QED) is 0.248. The summed E-state index contributed by atoms with van der Waals surface area (Å²) in [5.74, 6) is -4.28. The van der Waals surface area contributed by atoms with E-state index in [0.717, 1.165) is 5.56 Å². The van der Waals surface area contributed by atoms with Crippen LogP contribution in [0.2, 0.25) is 0 Å². The number of carboxylic acid groups (broad SMARTS) is 2. The van der Waals surface area contributed by atoms with Crippen LogP contribution >= 0.6 is 0 Å². The Kier molecular flexibility index (Phi) is 7.52. The van der Waals surface area contributed by atoms with Gasteiger partial charge < -0.3 is 25.6 Å². The van der Waals surface area contributed by atoms with Gasteiger partial charge in [-0.1, -0.05) is 42.0 Å². The van der Waals surface area contributed by atoms with Crippen LogP contribution in [0.4, 0.5) is 11.4 Å². The topological polar surface area (TPSA) is 159 Å². The zero-order valence-corrected chi connectivity index (χ0v) is 20.3. The highest BCUT2D eigenvalue weighted by atomic mass is 16.5. The molecule has 0 radical (unpaired) electrons. The average Bonchev–Trinajstić information content (AvgIpc) is 2.89. The Bertz CT molecular complexity index is 1450. The number of nitrogens with one attached hydrogen (secondary N) is 2. The summed E-state index contributed by atoms with van der Waals surface area (Å²) in [4.78, 5) is 61.6. The average molecular weight is 517 g/mol. The first-order chi connectivity index (χ1) is 18.2. The standard InChI is InChI=1S/C28H24N2O8/c1-15-6-8-16(9-7-15)29-19-10-12-21(38-14-22(31)30-20(28(36)37)11-13-23(32)33)25-24(19)26(34)17-4-2-3-5-18(17)27(25)35/h2-10,12,20,29H,11,13-14H2,1H3,(H,30,31)(H,32,33)(H,36,37). The number of carbonyl (C=O) groups excluding carboxylic acids is 3. The van der Waals surface area contributed by atoms with E-state index >= 15 is 0 Å². The number of carboxylic acids is 2. The smallest absolute Gasteiger partial charge is 0.326 e. The van der Waals surface area contributed by atoms with E-state index in [1.165, 1.54) is 12.1 Å². The van der Waals surface area contributed by atoms with E-state index in [-0.39, 0.29) is 40.2 Å². The maximum Gasteiger partial charge on any atom is 0.326 e. The normalized spacial score (nSPS) is 12.7. The van der Waals surface area contributed by atoms with Crippen molar-refractivity contribution in [2.45, 2.75) is 25.8 Å². The lowest BCUT2D eigenvalue weighted by atomic mass is 9.82. The molecule has 1 amide bonds. The lowest BCUT2D eigenvalue weighted by Crippen LogP contribution is -2.43. The van der Waals surface area contributed by atoms with Crippen molar-refractivity contribution in [1.82, 2.24) is 5.32 Å². The van der Waals surface area contributed by atoms with Crippen molar-refractivity contribution in [3.63, 3.8) is 0 Å². The number of fused-ring (bicyclic) bond motifs is 2. The molecule has 1 unspecified atom stereocenters. The van der Waals surface area contributed by atoms with Crippen molar-refractivity contribution in [3.05, 3.63) is 88.5 Å². The third kappa shape index (κ3) is 5.54. The summed E-state index contributed by atoms with van der Waals surface area (Å²) in [6, 6.07) is 15.5. The Morgan fingerprint density at radius 1 is 0.868 bits per heavy atom.